The summed E-state index contributed by atoms with van der Waals surface area (Å²) >= 11 is 16.5. The summed E-state index contributed by atoms with van der Waals surface area (Å²) in [7, 11) is 0. The molecule has 0 unspecified atom stereocenters. The van der Waals surface area contributed by atoms with Crippen LogP contribution in [0.5, 0.6) is 0 Å². The maximum absolute atomic E-state index is 6.15. The highest BCUT2D eigenvalue weighted by atomic mass is 79.9. The van der Waals surface area contributed by atoms with E-state index in [2.05, 4.69) is 53.1 Å². The molecular formula is C13H9Br3ClN. The van der Waals surface area contributed by atoms with E-state index in [0.717, 1.165) is 29.7 Å². The molecule has 0 amide bonds. The Kier molecular flexibility index (Phi) is 5.13. The summed E-state index contributed by atoms with van der Waals surface area (Å²) in [5.74, 6) is 0. The molecule has 0 fully saturated rings. The third-order valence-corrected chi connectivity index (χ3v) is 4.42. The highest BCUT2D eigenvalue weighted by Gasteiger charge is 2.03. The minimum atomic E-state index is 0.679. The second-order valence-electron chi connectivity index (χ2n) is 3.71. The first-order chi connectivity index (χ1) is 8.56. The topological polar surface area (TPSA) is 12.0 Å². The van der Waals surface area contributed by atoms with Gasteiger partial charge >= 0.3 is 0 Å². The van der Waals surface area contributed by atoms with Crippen LogP contribution >= 0.6 is 59.4 Å². The van der Waals surface area contributed by atoms with Gasteiger partial charge in [0.15, 0.2) is 0 Å². The van der Waals surface area contributed by atoms with Crippen molar-refractivity contribution in [1.29, 1.82) is 0 Å². The molecule has 0 aromatic heterocycles. The van der Waals surface area contributed by atoms with E-state index in [1.54, 1.807) is 0 Å². The van der Waals surface area contributed by atoms with Crippen molar-refractivity contribution in [2.75, 3.05) is 5.32 Å². The molecule has 94 valence electrons. The van der Waals surface area contributed by atoms with Gasteiger partial charge in [0.1, 0.15) is 0 Å². The summed E-state index contributed by atoms with van der Waals surface area (Å²) in [6.07, 6.45) is 0. The lowest BCUT2D eigenvalue weighted by atomic mass is 10.2. The van der Waals surface area contributed by atoms with E-state index in [1.807, 2.05) is 36.4 Å². The molecule has 2 aromatic carbocycles. The summed E-state index contributed by atoms with van der Waals surface area (Å²) in [4.78, 5) is 0. The van der Waals surface area contributed by atoms with Crippen molar-refractivity contribution in [3.05, 3.63) is 60.4 Å². The van der Waals surface area contributed by atoms with Crippen LogP contribution in [0.4, 0.5) is 5.69 Å². The van der Waals surface area contributed by atoms with Gasteiger partial charge in [0.2, 0.25) is 0 Å². The molecule has 0 saturated carbocycles. The molecule has 0 aliphatic carbocycles. The molecule has 0 heterocycles. The van der Waals surface area contributed by atoms with Gasteiger partial charge in [-0.05, 0) is 57.9 Å². The van der Waals surface area contributed by atoms with Crippen molar-refractivity contribution in [2.24, 2.45) is 0 Å². The zero-order valence-electron chi connectivity index (χ0n) is 9.18. The van der Waals surface area contributed by atoms with E-state index in [1.165, 1.54) is 0 Å². The van der Waals surface area contributed by atoms with Crippen molar-refractivity contribution in [3.63, 3.8) is 0 Å². The van der Waals surface area contributed by atoms with Crippen LogP contribution in [0.3, 0.4) is 0 Å². The molecule has 18 heavy (non-hydrogen) atoms. The summed E-state index contributed by atoms with van der Waals surface area (Å²) in [5, 5.41) is 4.11. The predicted octanol–water partition coefficient (Wildman–Crippen LogP) is 6.24. The van der Waals surface area contributed by atoms with Crippen LogP contribution in [-0.2, 0) is 6.54 Å². The van der Waals surface area contributed by atoms with Crippen LogP contribution in [0.15, 0.2) is 49.8 Å². The van der Waals surface area contributed by atoms with Gasteiger partial charge in [0, 0.05) is 30.7 Å². The SMILES string of the molecule is Clc1ccc(Br)cc1CNc1ccc(Br)cc1Br. The third-order valence-electron chi connectivity index (χ3n) is 2.41. The molecule has 0 radical (unpaired) electrons. The number of hydrogen-bond acceptors (Lipinski definition) is 1. The highest BCUT2D eigenvalue weighted by Crippen LogP contribution is 2.28. The van der Waals surface area contributed by atoms with E-state index >= 15 is 0 Å². The monoisotopic (exact) mass is 451 g/mol. The van der Waals surface area contributed by atoms with Gasteiger partial charge in [-0.2, -0.15) is 0 Å². The van der Waals surface area contributed by atoms with Gasteiger partial charge in [-0.1, -0.05) is 43.5 Å². The lowest BCUT2D eigenvalue weighted by Crippen LogP contribution is -2.00. The molecule has 0 bridgehead atoms. The number of nitrogens with one attached hydrogen (secondary N) is 1. The molecule has 1 nitrogen and oxygen atoms in total. The molecule has 0 aliphatic heterocycles. The predicted molar refractivity (Wildman–Crippen MR) is 88.3 cm³/mol. The molecule has 0 saturated heterocycles. The van der Waals surface area contributed by atoms with Gasteiger partial charge in [-0.3, -0.25) is 0 Å². The largest absolute Gasteiger partial charge is 0.380 e. The van der Waals surface area contributed by atoms with E-state index in [0.29, 0.717) is 6.54 Å². The Morgan fingerprint density at radius 1 is 0.944 bits per heavy atom. The van der Waals surface area contributed by atoms with Gasteiger partial charge in [0.25, 0.3) is 0 Å². The van der Waals surface area contributed by atoms with Gasteiger partial charge in [0.05, 0.1) is 0 Å². The summed E-state index contributed by atoms with van der Waals surface area (Å²) < 4.78 is 3.09. The Bertz CT molecular complexity index is 572. The molecule has 0 aliphatic rings. The van der Waals surface area contributed by atoms with Crippen LogP contribution in [0.2, 0.25) is 5.02 Å². The minimum absolute atomic E-state index is 0.679. The molecule has 0 atom stereocenters. The number of benzene rings is 2. The van der Waals surface area contributed by atoms with Gasteiger partial charge < -0.3 is 5.32 Å². The van der Waals surface area contributed by atoms with Crippen LogP contribution in [0.25, 0.3) is 0 Å². The standard InChI is InChI=1S/C13H9Br3ClN/c14-9-1-3-12(17)8(5-9)7-18-13-4-2-10(15)6-11(13)16/h1-6,18H,7H2. The normalized spacial score (nSPS) is 10.4. The lowest BCUT2D eigenvalue weighted by molar-refractivity contribution is 1.14. The Balaban J connectivity index is 2.13. The first kappa shape index (κ1) is 14.4. The Morgan fingerprint density at radius 3 is 2.33 bits per heavy atom. The zero-order valence-corrected chi connectivity index (χ0v) is 14.7. The number of halogens is 4. The molecule has 1 N–H and O–H groups in total. The number of rotatable bonds is 3. The van der Waals surface area contributed by atoms with Crippen molar-refractivity contribution < 1.29 is 0 Å². The quantitative estimate of drug-likeness (QED) is 0.579. The summed E-state index contributed by atoms with van der Waals surface area (Å²) in [6.45, 7) is 0.679. The first-order valence-corrected chi connectivity index (χ1v) is 7.95. The van der Waals surface area contributed by atoms with Gasteiger partial charge in [-0.25, -0.2) is 0 Å². The van der Waals surface area contributed by atoms with E-state index in [4.69, 9.17) is 11.6 Å². The van der Waals surface area contributed by atoms with Crippen LogP contribution in [-0.4, -0.2) is 0 Å². The smallest absolute Gasteiger partial charge is 0.0488 e. The summed E-state index contributed by atoms with van der Waals surface area (Å²) in [6, 6.07) is 11.9. The molecule has 2 aromatic rings. The average molecular weight is 454 g/mol. The fraction of sp³-hybridized carbons (Fsp3) is 0.0769. The zero-order chi connectivity index (χ0) is 13.1. The minimum Gasteiger partial charge on any atom is -0.380 e. The second kappa shape index (κ2) is 6.42. The van der Waals surface area contributed by atoms with E-state index in [9.17, 15) is 0 Å². The Morgan fingerprint density at radius 2 is 1.61 bits per heavy atom. The summed E-state index contributed by atoms with van der Waals surface area (Å²) in [5.41, 5.74) is 2.09. The molecular weight excluding hydrogens is 445 g/mol. The lowest BCUT2D eigenvalue weighted by Gasteiger charge is -2.10. The van der Waals surface area contributed by atoms with E-state index < -0.39 is 0 Å². The van der Waals surface area contributed by atoms with Crippen molar-refractivity contribution in [1.82, 2.24) is 0 Å². The van der Waals surface area contributed by atoms with Crippen LogP contribution in [0.1, 0.15) is 5.56 Å². The molecule has 2 rings (SSSR count). The fourth-order valence-corrected chi connectivity index (χ4v) is 3.28. The van der Waals surface area contributed by atoms with Crippen molar-refractivity contribution in [2.45, 2.75) is 6.54 Å². The van der Waals surface area contributed by atoms with Crippen LogP contribution < -0.4 is 5.32 Å². The van der Waals surface area contributed by atoms with Crippen LogP contribution in [0, 0.1) is 0 Å². The maximum Gasteiger partial charge on any atom is 0.0488 e. The number of hydrogen-bond donors (Lipinski definition) is 1. The maximum atomic E-state index is 6.15. The van der Waals surface area contributed by atoms with Crippen molar-refractivity contribution >= 4 is 65.1 Å². The fourth-order valence-electron chi connectivity index (χ4n) is 1.50. The van der Waals surface area contributed by atoms with E-state index in [-0.39, 0.29) is 0 Å². The average Bonchev–Trinajstić information content (AvgIpc) is 2.32. The van der Waals surface area contributed by atoms with Gasteiger partial charge in [-0.15, -0.1) is 0 Å². The highest BCUT2D eigenvalue weighted by molar-refractivity contribution is 9.11. The molecule has 5 heteroatoms. The second-order valence-corrected chi connectivity index (χ2v) is 6.81. The first-order valence-electron chi connectivity index (χ1n) is 5.19. The Hall–Kier alpha value is -0.0300. The number of anilines is 1. The molecule has 0 spiro atoms. The Labute approximate surface area is 136 Å². The van der Waals surface area contributed by atoms with Crippen molar-refractivity contribution in [3.8, 4) is 0 Å². The third kappa shape index (κ3) is 3.73.